The number of thioether (sulfide) groups is 1. The summed E-state index contributed by atoms with van der Waals surface area (Å²) in [5.74, 6) is 1.81. The van der Waals surface area contributed by atoms with Crippen LogP contribution >= 0.6 is 39.9 Å². The summed E-state index contributed by atoms with van der Waals surface area (Å²) in [6.07, 6.45) is 2.05. The fourth-order valence-corrected chi connectivity index (χ4v) is 2.63. The molecule has 0 saturated carbocycles. The third kappa shape index (κ3) is 3.29. The van der Waals surface area contributed by atoms with Crippen molar-refractivity contribution in [2.75, 3.05) is 6.26 Å². The van der Waals surface area contributed by atoms with E-state index in [1.807, 2.05) is 0 Å². The largest absolute Gasteiger partial charge is 0.345 e. The first kappa shape index (κ1) is 13.2. The number of aromatic nitrogens is 2. The van der Waals surface area contributed by atoms with E-state index in [4.69, 9.17) is 12.2 Å². The Bertz CT molecular complexity index is 407. The topological polar surface area (TPSA) is 28.7 Å². The van der Waals surface area contributed by atoms with Crippen LogP contribution in [0.3, 0.4) is 0 Å². The molecule has 0 amide bonds. The van der Waals surface area contributed by atoms with E-state index in [0.29, 0.717) is 4.64 Å². The Labute approximate surface area is 108 Å². The van der Waals surface area contributed by atoms with Crippen molar-refractivity contribution in [2.24, 2.45) is 0 Å². The Morgan fingerprint density at radius 1 is 1.47 bits per heavy atom. The van der Waals surface area contributed by atoms with E-state index in [0.717, 1.165) is 21.7 Å². The van der Waals surface area contributed by atoms with E-state index in [2.05, 4.69) is 52.9 Å². The van der Waals surface area contributed by atoms with E-state index in [-0.39, 0.29) is 5.41 Å². The number of hydrogen-bond donors (Lipinski definition) is 1. The second-order valence-electron chi connectivity index (χ2n) is 4.36. The summed E-state index contributed by atoms with van der Waals surface area (Å²) >= 11 is 10.5. The zero-order valence-corrected chi connectivity index (χ0v) is 12.6. The average molecular weight is 307 g/mol. The molecule has 15 heavy (non-hydrogen) atoms. The normalized spacial score (nSPS) is 11.8. The van der Waals surface area contributed by atoms with Crippen LogP contribution in [0.4, 0.5) is 0 Å². The summed E-state index contributed by atoms with van der Waals surface area (Å²) in [5, 5.41) is 0. The van der Waals surface area contributed by atoms with Gasteiger partial charge in [0.05, 0.1) is 10.2 Å². The molecule has 2 nitrogen and oxygen atoms in total. The number of hydrogen-bond acceptors (Lipinski definition) is 3. The van der Waals surface area contributed by atoms with E-state index in [9.17, 15) is 0 Å². The van der Waals surface area contributed by atoms with Crippen molar-refractivity contribution in [3.63, 3.8) is 0 Å². The molecule has 0 bridgehead atoms. The molecular weight excluding hydrogens is 292 g/mol. The Morgan fingerprint density at radius 2 is 2.07 bits per heavy atom. The molecule has 0 aliphatic rings. The Morgan fingerprint density at radius 3 is 2.53 bits per heavy atom. The molecule has 5 heteroatoms. The number of nitrogens with zero attached hydrogens (tertiary/aromatic N) is 1. The van der Waals surface area contributed by atoms with Crippen molar-refractivity contribution >= 4 is 39.9 Å². The molecule has 0 fully saturated rings. The molecule has 84 valence electrons. The van der Waals surface area contributed by atoms with E-state index in [1.54, 1.807) is 11.8 Å². The number of halogens is 1. The summed E-state index contributed by atoms with van der Waals surface area (Å²) in [6, 6.07) is 0. The van der Waals surface area contributed by atoms with Gasteiger partial charge < -0.3 is 4.98 Å². The lowest BCUT2D eigenvalue weighted by atomic mass is 9.92. The summed E-state index contributed by atoms with van der Waals surface area (Å²) in [7, 11) is 0. The molecule has 0 radical (unpaired) electrons. The predicted octanol–water partition coefficient (Wildman–Crippen LogP) is 4.06. The molecule has 1 N–H and O–H groups in total. The number of nitrogens with one attached hydrogen (secondary N) is 1. The highest BCUT2D eigenvalue weighted by atomic mass is 79.9. The van der Waals surface area contributed by atoms with Gasteiger partial charge in [0.15, 0.2) is 0 Å². The monoisotopic (exact) mass is 306 g/mol. The van der Waals surface area contributed by atoms with Gasteiger partial charge >= 0.3 is 0 Å². The second kappa shape index (κ2) is 4.97. The first-order chi connectivity index (χ1) is 6.86. The van der Waals surface area contributed by atoms with Gasteiger partial charge in [-0.05, 0) is 22.2 Å². The minimum Gasteiger partial charge on any atom is -0.345 e. The molecular formula is C10H15BrN2S2. The summed E-state index contributed by atoms with van der Waals surface area (Å²) in [4.78, 5) is 7.68. The first-order valence-corrected chi connectivity index (χ1v) is 7.24. The molecule has 0 aliphatic heterocycles. The zero-order chi connectivity index (χ0) is 11.6. The third-order valence-electron chi connectivity index (χ3n) is 1.94. The average Bonchev–Trinajstić information content (AvgIpc) is 2.09. The highest BCUT2D eigenvalue weighted by Gasteiger charge is 2.19. The van der Waals surface area contributed by atoms with Gasteiger partial charge in [-0.2, -0.15) is 11.8 Å². The lowest BCUT2D eigenvalue weighted by Crippen LogP contribution is -2.16. The lowest BCUT2D eigenvalue weighted by Gasteiger charge is -2.21. The predicted molar refractivity (Wildman–Crippen MR) is 73.0 cm³/mol. The number of H-pyrrole nitrogens is 1. The van der Waals surface area contributed by atoms with Crippen LogP contribution in [-0.4, -0.2) is 16.2 Å². The molecule has 0 spiro atoms. The minimum absolute atomic E-state index is 0.0441. The van der Waals surface area contributed by atoms with Crippen molar-refractivity contribution < 1.29 is 0 Å². The van der Waals surface area contributed by atoms with Gasteiger partial charge in [0.1, 0.15) is 10.5 Å². The van der Waals surface area contributed by atoms with E-state index in [1.165, 1.54) is 0 Å². The standard InChI is InChI=1S/C10H15BrN2S2/c1-10(2,3)8-7(11)9(14)13-6(12-8)5-15-4/h5H2,1-4H3,(H,12,13,14). The van der Waals surface area contributed by atoms with Gasteiger partial charge in [-0.1, -0.05) is 33.0 Å². The van der Waals surface area contributed by atoms with E-state index < -0.39 is 0 Å². The van der Waals surface area contributed by atoms with Crippen molar-refractivity contribution in [3.05, 3.63) is 20.6 Å². The van der Waals surface area contributed by atoms with Crippen LogP contribution in [0.25, 0.3) is 0 Å². The summed E-state index contributed by atoms with van der Waals surface area (Å²) in [5.41, 5.74) is 1.16. The van der Waals surface area contributed by atoms with Crippen LogP contribution in [0.2, 0.25) is 0 Å². The number of rotatable bonds is 2. The Hall–Kier alpha value is 0.130. The maximum absolute atomic E-state index is 5.22. The summed E-state index contributed by atoms with van der Waals surface area (Å²) in [6.45, 7) is 6.46. The summed E-state index contributed by atoms with van der Waals surface area (Å²) < 4.78 is 1.55. The Balaban J connectivity index is 3.32. The van der Waals surface area contributed by atoms with Crippen LogP contribution in [-0.2, 0) is 11.2 Å². The first-order valence-electron chi connectivity index (χ1n) is 4.64. The fourth-order valence-electron chi connectivity index (χ4n) is 1.23. The molecule has 0 unspecified atom stereocenters. The van der Waals surface area contributed by atoms with Crippen LogP contribution in [0, 0.1) is 4.64 Å². The molecule has 0 atom stereocenters. The third-order valence-corrected chi connectivity index (χ3v) is 3.84. The van der Waals surface area contributed by atoms with E-state index >= 15 is 0 Å². The maximum atomic E-state index is 5.22. The highest BCUT2D eigenvalue weighted by Crippen LogP contribution is 2.28. The molecule has 1 aromatic heterocycles. The van der Waals surface area contributed by atoms with Gasteiger partial charge in [-0.25, -0.2) is 4.98 Å². The van der Waals surface area contributed by atoms with Gasteiger partial charge in [0, 0.05) is 11.1 Å². The smallest absolute Gasteiger partial charge is 0.144 e. The molecule has 1 aromatic rings. The van der Waals surface area contributed by atoms with Crippen LogP contribution in [0.1, 0.15) is 32.3 Å². The van der Waals surface area contributed by atoms with Gasteiger partial charge in [-0.3, -0.25) is 0 Å². The fraction of sp³-hybridized carbons (Fsp3) is 0.600. The molecule has 1 heterocycles. The van der Waals surface area contributed by atoms with Crippen LogP contribution in [0.15, 0.2) is 4.47 Å². The minimum atomic E-state index is 0.0441. The van der Waals surface area contributed by atoms with Crippen LogP contribution < -0.4 is 0 Å². The van der Waals surface area contributed by atoms with Gasteiger partial charge in [0.25, 0.3) is 0 Å². The highest BCUT2D eigenvalue weighted by molar-refractivity contribution is 9.10. The zero-order valence-electron chi connectivity index (χ0n) is 9.35. The maximum Gasteiger partial charge on any atom is 0.144 e. The second-order valence-corrected chi connectivity index (χ2v) is 6.41. The van der Waals surface area contributed by atoms with Crippen LogP contribution in [0.5, 0.6) is 0 Å². The molecule has 1 rings (SSSR count). The Kier molecular flexibility index (Phi) is 4.38. The molecule has 0 aliphatic carbocycles. The molecule has 0 saturated heterocycles. The van der Waals surface area contributed by atoms with Crippen molar-refractivity contribution in [3.8, 4) is 0 Å². The number of aromatic amines is 1. The van der Waals surface area contributed by atoms with Crippen molar-refractivity contribution in [1.82, 2.24) is 9.97 Å². The molecule has 0 aromatic carbocycles. The quantitative estimate of drug-likeness (QED) is 0.835. The van der Waals surface area contributed by atoms with Crippen molar-refractivity contribution in [2.45, 2.75) is 31.9 Å². The van der Waals surface area contributed by atoms with Crippen molar-refractivity contribution in [1.29, 1.82) is 0 Å². The SMILES string of the molecule is CSCc1nc(=S)c(Br)c(C(C)(C)C)[nH]1. The lowest BCUT2D eigenvalue weighted by molar-refractivity contribution is 0.559. The van der Waals surface area contributed by atoms with Gasteiger partial charge in [-0.15, -0.1) is 0 Å². The van der Waals surface area contributed by atoms with Gasteiger partial charge in [0.2, 0.25) is 0 Å².